The first-order valence-electron chi connectivity index (χ1n) is 30.5. The number of hydrogen-bond acceptors (Lipinski definition) is 4. The van der Waals surface area contributed by atoms with Gasteiger partial charge >= 0.3 is 0 Å². The van der Waals surface area contributed by atoms with Crippen molar-refractivity contribution in [1.29, 1.82) is 0 Å². The Bertz CT molecular complexity index is 998. The molecule has 0 bridgehead atoms. The van der Waals surface area contributed by atoms with E-state index in [-0.39, 0.29) is 0 Å². The lowest BCUT2D eigenvalue weighted by molar-refractivity contribution is 0.110. The van der Waals surface area contributed by atoms with Crippen molar-refractivity contribution in [3.05, 3.63) is 36.5 Å². The molecule has 1 heterocycles. The van der Waals surface area contributed by atoms with E-state index in [1.807, 2.05) is 0 Å². The molecular weight excluding hydrogens is 801 g/mol. The molecule has 4 heteroatoms. The highest BCUT2D eigenvalue weighted by molar-refractivity contribution is 4.83. The van der Waals surface area contributed by atoms with Crippen LogP contribution in [0.5, 0.6) is 0 Å². The maximum absolute atomic E-state index is 2.86. The number of piperazine rings is 1. The predicted octanol–water partition coefficient (Wildman–Crippen LogP) is 18.6. The Morgan fingerprint density at radius 3 is 0.818 bits per heavy atom. The zero-order valence-electron chi connectivity index (χ0n) is 46.0. The van der Waals surface area contributed by atoms with Gasteiger partial charge in [-0.05, 0) is 123 Å². The summed E-state index contributed by atoms with van der Waals surface area (Å²) in [6.07, 6.45) is 71.8. The van der Waals surface area contributed by atoms with Gasteiger partial charge in [-0.1, -0.05) is 224 Å². The average molecular weight is 924 g/mol. The molecule has 0 radical (unpaired) electrons. The van der Waals surface area contributed by atoms with E-state index in [2.05, 4.69) is 83.9 Å². The molecule has 1 aliphatic heterocycles. The molecule has 0 saturated carbocycles. The smallest absolute Gasteiger partial charge is 0.0110 e. The molecule has 0 atom stereocenters. The first kappa shape index (κ1) is 63.1. The summed E-state index contributed by atoms with van der Waals surface area (Å²) in [5.74, 6) is 0. The lowest BCUT2D eigenvalue weighted by Crippen LogP contribution is -2.50. The number of allylic oxidation sites excluding steroid dienone is 6. The van der Waals surface area contributed by atoms with E-state index in [0.717, 1.165) is 0 Å². The van der Waals surface area contributed by atoms with E-state index in [0.29, 0.717) is 0 Å². The minimum Gasteiger partial charge on any atom is -0.305 e. The Hall–Kier alpha value is -0.940. The molecule has 0 aromatic heterocycles. The maximum atomic E-state index is 2.86. The number of likely N-dealkylation sites (N-methyl/N-ethyl adjacent to an activating group) is 1. The van der Waals surface area contributed by atoms with Crippen LogP contribution in [0.2, 0.25) is 0 Å². The maximum Gasteiger partial charge on any atom is 0.0110 e. The zero-order chi connectivity index (χ0) is 47.3. The highest BCUT2D eigenvalue weighted by Crippen LogP contribution is 2.15. The normalized spacial score (nSPS) is 14.3. The number of hydrogen-bond donors (Lipinski definition) is 0. The fourth-order valence-electron chi connectivity index (χ4n) is 9.90. The molecule has 0 unspecified atom stereocenters. The van der Waals surface area contributed by atoms with Crippen molar-refractivity contribution in [1.82, 2.24) is 19.6 Å². The van der Waals surface area contributed by atoms with Gasteiger partial charge in [-0.2, -0.15) is 0 Å². The van der Waals surface area contributed by atoms with Crippen LogP contribution in [-0.2, 0) is 0 Å². The van der Waals surface area contributed by atoms with E-state index >= 15 is 0 Å². The van der Waals surface area contributed by atoms with E-state index < -0.39 is 0 Å². The molecule has 390 valence electrons. The van der Waals surface area contributed by atoms with Gasteiger partial charge in [0.25, 0.3) is 0 Å². The standard InChI is InChI=1S/C62H122N4/c1-5-8-11-14-17-20-23-26-29-32-34-37-40-43-46-49-52-63(4)55-56-65-59-61-66(62-60-65)58-57-64(53-50-47-44-41-38-35-31-28-25-22-19-16-13-10-7-3)54-51-48-45-42-39-36-33-30-27-24-21-18-15-12-9-6-2/h25-30H,5-24,31-62H2,1-4H3/b28-25-,29-26-,30-27-. The van der Waals surface area contributed by atoms with E-state index in [1.165, 1.54) is 335 Å². The fraction of sp³-hybridized carbons (Fsp3) is 0.903. The largest absolute Gasteiger partial charge is 0.305 e. The van der Waals surface area contributed by atoms with Gasteiger partial charge < -0.3 is 9.80 Å². The van der Waals surface area contributed by atoms with Crippen LogP contribution in [-0.4, -0.2) is 98.6 Å². The SMILES string of the molecule is CCCCCCC/C=C\CCCCCCCCN(CCCCCCCC/C=C\CCCCCCCC)CCN1CCN(CCN(C)CCCCCCCC/C=C\CCCCCCCC)CC1. The minimum absolute atomic E-state index is 1.23. The van der Waals surface area contributed by atoms with Crippen LogP contribution in [0, 0.1) is 0 Å². The van der Waals surface area contributed by atoms with Crippen molar-refractivity contribution < 1.29 is 0 Å². The highest BCUT2D eigenvalue weighted by Gasteiger charge is 2.18. The molecule has 1 aliphatic rings. The molecule has 0 amide bonds. The Morgan fingerprint density at radius 1 is 0.273 bits per heavy atom. The summed E-state index contributed by atoms with van der Waals surface area (Å²) in [6, 6.07) is 0. The monoisotopic (exact) mass is 923 g/mol. The quantitative estimate of drug-likeness (QED) is 0.0445. The molecule has 0 aromatic carbocycles. The lowest BCUT2D eigenvalue weighted by atomic mass is 10.1. The van der Waals surface area contributed by atoms with E-state index in [1.54, 1.807) is 0 Å². The van der Waals surface area contributed by atoms with Crippen LogP contribution in [0.25, 0.3) is 0 Å². The summed E-state index contributed by atoms with van der Waals surface area (Å²) in [4.78, 5) is 11.0. The average Bonchev–Trinajstić information content (AvgIpc) is 3.33. The fourth-order valence-corrected chi connectivity index (χ4v) is 9.90. The molecule has 0 aromatic rings. The van der Waals surface area contributed by atoms with Gasteiger partial charge in [0.2, 0.25) is 0 Å². The second-order valence-electron chi connectivity index (χ2n) is 21.3. The van der Waals surface area contributed by atoms with Gasteiger partial charge in [0.1, 0.15) is 0 Å². The van der Waals surface area contributed by atoms with Gasteiger partial charge in [-0.3, -0.25) is 9.80 Å². The minimum atomic E-state index is 1.23. The highest BCUT2D eigenvalue weighted by atomic mass is 15.3. The van der Waals surface area contributed by atoms with E-state index in [9.17, 15) is 0 Å². The van der Waals surface area contributed by atoms with Crippen LogP contribution in [0.4, 0.5) is 0 Å². The number of unbranched alkanes of at least 4 members (excludes halogenated alkanes) is 35. The molecule has 4 nitrogen and oxygen atoms in total. The van der Waals surface area contributed by atoms with Crippen LogP contribution < -0.4 is 0 Å². The van der Waals surface area contributed by atoms with Crippen molar-refractivity contribution >= 4 is 0 Å². The molecule has 1 fully saturated rings. The number of rotatable bonds is 53. The zero-order valence-corrected chi connectivity index (χ0v) is 46.0. The summed E-state index contributed by atoms with van der Waals surface area (Å²) in [7, 11) is 2.36. The molecular formula is C62H122N4. The van der Waals surface area contributed by atoms with Gasteiger partial charge in [0.05, 0.1) is 0 Å². The summed E-state index contributed by atoms with van der Waals surface area (Å²) >= 11 is 0. The molecule has 0 spiro atoms. The van der Waals surface area contributed by atoms with Gasteiger partial charge in [0.15, 0.2) is 0 Å². The van der Waals surface area contributed by atoms with Crippen LogP contribution in [0.1, 0.15) is 284 Å². The van der Waals surface area contributed by atoms with Crippen molar-refractivity contribution in [2.24, 2.45) is 0 Å². The summed E-state index contributed by atoms with van der Waals surface area (Å²) in [6.45, 7) is 20.9. The van der Waals surface area contributed by atoms with Crippen molar-refractivity contribution in [3.63, 3.8) is 0 Å². The lowest BCUT2D eigenvalue weighted by Gasteiger charge is -2.36. The second-order valence-corrected chi connectivity index (χ2v) is 21.3. The van der Waals surface area contributed by atoms with Crippen molar-refractivity contribution in [3.8, 4) is 0 Å². The molecule has 0 aliphatic carbocycles. The third-order valence-corrected chi connectivity index (χ3v) is 14.8. The second kappa shape index (κ2) is 53.4. The predicted molar refractivity (Wildman–Crippen MR) is 301 cm³/mol. The van der Waals surface area contributed by atoms with Crippen molar-refractivity contribution in [2.45, 2.75) is 284 Å². The molecule has 0 N–H and O–H groups in total. The first-order chi connectivity index (χ1) is 32.7. The van der Waals surface area contributed by atoms with Gasteiger partial charge in [-0.25, -0.2) is 0 Å². The Morgan fingerprint density at radius 2 is 0.515 bits per heavy atom. The Balaban J connectivity index is 2.21. The Labute approximate surface area is 417 Å². The topological polar surface area (TPSA) is 13.0 Å². The third-order valence-electron chi connectivity index (χ3n) is 14.8. The van der Waals surface area contributed by atoms with Crippen LogP contribution in [0.3, 0.4) is 0 Å². The van der Waals surface area contributed by atoms with E-state index in [4.69, 9.17) is 0 Å². The Kier molecular flexibility index (Phi) is 51.0. The van der Waals surface area contributed by atoms with Crippen LogP contribution in [0.15, 0.2) is 36.5 Å². The third kappa shape index (κ3) is 46.8. The summed E-state index contributed by atoms with van der Waals surface area (Å²) < 4.78 is 0. The molecule has 1 saturated heterocycles. The van der Waals surface area contributed by atoms with Crippen molar-refractivity contribution in [2.75, 3.05) is 79.0 Å². The molecule has 66 heavy (non-hydrogen) atoms. The van der Waals surface area contributed by atoms with Gasteiger partial charge in [-0.15, -0.1) is 0 Å². The summed E-state index contributed by atoms with van der Waals surface area (Å²) in [5.41, 5.74) is 0. The summed E-state index contributed by atoms with van der Waals surface area (Å²) in [5, 5.41) is 0. The first-order valence-corrected chi connectivity index (χ1v) is 30.5. The number of nitrogens with zero attached hydrogens (tertiary/aromatic N) is 4. The van der Waals surface area contributed by atoms with Gasteiger partial charge in [0, 0.05) is 52.4 Å². The molecule has 1 rings (SSSR count). The van der Waals surface area contributed by atoms with Crippen LogP contribution >= 0.6 is 0 Å².